The summed E-state index contributed by atoms with van der Waals surface area (Å²) >= 11 is 0. The number of allylic oxidation sites excluding steroid dienone is 16. The second-order valence-electron chi connectivity index (χ2n) is 17.3. The van der Waals surface area contributed by atoms with Gasteiger partial charge >= 0.3 is 26.2 Å². The molecule has 4 nitrogen and oxygen atoms in total. The molecule has 0 aromatic rings. The molecule has 8 rings (SSSR count). The average Bonchev–Trinajstić information content (AvgIpc) is 4.10. The Morgan fingerprint density at radius 1 is 0.197 bits per heavy atom. The van der Waals surface area contributed by atoms with Gasteiger partial charge in [0.2, 0.25) is 0 Å². The van der Waals surface area contributed by atoms with E-state index in [1.54, 1.807) is 0 Å². The molecular formula is C56H72N4Zr. The van der Waals surface area contributed by atoms with Crippen LogP contribution in [0.25, 0.3) is 21.3 Å². The van der Waals surface area contributed by atoms with Gasteiger partial charge in [-0.2, -0.15) is 0 Å². The predicted octanol–water partition coefficient (Wildman–Crippen LogP) is 14.5. The molecule has 0 aromatic heterocycles. The summed E-state index contributed by atoms with van der Waals surface area (Å²) in [6.45, 7) is 17.6. The molecule has 8 aliphatic rings. The molecule has 0 saturated carbocycles. The van der Waals surface area contributed by atoms with Crippen molar-refractivity contribution in [3.8, 4) is 0 Å². The van der Waals surface area contributed by atoms with Gasteiger partial charge in [0.1, 0.15) is 0 Å². The summed E-state index contributed by atoms with van der Waals surface area (Å²) in [5, 5.41) is 19.3. The molecule has 0 fully saturated rings. The maximum Gasteiger partial charge on any atom is 4.00 e. The minimum Gasteiger partial charge on any atom is -0.656 e. The molecular weight excluding hydrogens is 820 g/mol. The summed E-state index contributed by atoms with van der Waals surface area (Å²) < 4.78 is 0. The second-order valence-corrected chi connectivity index (χ2v) is 17.3. The molecule has 0 radical (unpaired) electrons. The molecule has 0 amide bonds. The molecule has 0 bridgehead atoms. The van der Waals surface area contributed by atoms with Crippen LogP contribution in [0.5, 0.6) is 0 Å². The Bertz CT molecular complexity index is 1340. The quantitative estimate of drug-likeness (QED) is 0.148. The van der Waals surface area contributed by atoms with Gasteiger partial charge in [-0.25, -0.2) is 0 Å². The van der Waals surface area contributed by atoms with Crippen LogP contribution in [0.1, 0.15) is 55.4 Å². The Balaban J connectivity index is 0.000000178. The zero-order valence-electron chi connectivity index (χ0n) is 38.0. The van der Waals surface area contributed by atoms with Gasteiger partial charge in [0.25, 0.3) is 0 Å². The molecule has 0 N–H and O–H groups in total. The van der Waals surface area contributed by atoms with E-state index in [1.807, 2.05) is 0 Å². The Hall–Kier alpha value is -3.44. The first-order valence-corrected chi connectivity index (χ1v) is 22.7. The summed E-state index contributed by atoms with van der Waals surface area (Å²) in [6.07, 6.45) is 69.3. The monoisotopic (exact) mass is 890 g/mol. The Labute approximate surface area is 390 Å². The fourth-order valence-corrected chi connectivity index (χ4v) is 8.44. The van der Waals surface area contributed by atoms with Gasteiger partial charge in [0.15, 0.2) is 0 Å². The van der Waals surface area contributed by atoms with Crippen LogP contribution < -0.4 is 0 Å². The molecule has 0 saturated heterocycles. The van der Waals surface area contributed by atoms with Crippen LogP contribution in [0, 0.1) is 47.3 Å². The molecule has 0 heterocycles. The molecule has 320 valence electrons. The summed E-state index contributed by atoms with van der Waals surface area (Å²) in [7, 11) is 0. The van der Waals surface area contributed by atoms with E-state index in [-0.39, 0.29) is 26.2 Å². The molecule has 8 atom stereocenters. The van der Waals surface area contributed by atoms with Gasteiger partial charge in [-0.05, 0) is 47.3 Å². The molecule has 0 aliphatic heterocycles. The van der Waals surface area contributed by atoms with Gasteiger partial charge < -0.3 is 21.3 Å². The zero-order chi connectivity index (χ0) is 42.7. The topological polar surface area (TPSA) is 56.4 Å². The van der Waals surface area contributed by atoms with Crippen molar-refractivity contribution in [3.63, 3.8) is 0 Å². The van der Waals surface area contributed by atoms with Crippen LogP contribution in [0.3, 0.4) is 0 Å². The van der Waals surface area contributed by atoms with E-state index in [0.717, 1.165) is 0 Å². The van der Waals surface area contributed by atoms with Crippen molar-refractivity contribution in [1.82, 2.24) is 0 Å². The third-order valence-corrected chi connectivity index (χ3v) is 12.6. The van der Waals surface area contributed by atoms with E-state index >= 15 is 0 Å². The number of rotatable bonds is 16. The van der Waals surface area contributed by atoms with Gasteiger partial charge in [-0.1, -0.05) is 250 Å². The Morgan fingerprint density at radius 3 is 0.361 bits per heavy atom. The number of hydrogen-bond donors (Lipinski definition) is 0. The standard InChI is InChI=1S/4C14H18N.Zr/c4*1-11(13-7-3-4-8-13)15-12(2)14-9-5-6-10-14;/h4*3-14H,1-2H3;/q4*-1;+4. The molecule has 5 heteroatoms. The van der Waals surface area contributed by atoms with Gasteiger partial charge in [-0.15, -0.1) is 48.3 Å². The van der Waals surface area contributed by atoms with E-state index < -0.39 is 0 Å². The number of hydrogen-bond acceptors (Lipinski definition) is 0. The van der Waals surface area contributed by atoms with Crippen LogP contribution in [-0.2, 0) is 26.2 Å². The van der Waals surface area contributed by atoms with Gasteiger partial charge in [0, 0.05) is 0 Å². The van der Waals surface area contributed by atoms with Crippen molar-refractivity contribution in [1.29, 1.82) is 0 Å². The third-order valence-electron chi connectivity index (χ3n) is 12.6. The minimum atomic E-state index is 0. The molecule has 0 aromatic carbocycles. The molecule has 0 spiro atoms. The molecule has 8 aliphatic carbocycles. The average molecular weight is 892 g/mol. The fraction of sp³-hybridized carbons (Fsp3) is 0.429. The van der Waals surface area contributed by atoms with Crippen molar-refractivity contribution in [3.05, 3.63) is 216 Å². The van der Waals surface area contributed by atoms with E-state index in [4.69, 9.17) is 21.3 Å². The summed E-state index contributed by atoms with van der Waals surface area (Å²) in [5.74, 6) is 4.01. The summed E-state index contributed by atoms with van der Waals surface area (Å²) in [6, 6.07) is 3.09. The van der Waals surface area contributed by atoms with Crippen molar-refractivity contribution in [2.45, 2.75) is 104 Å². The normalized spacial score (nSPS) is 23.7. The maximum atomic E-state index is 4.84. The predicted molar refractivity (Wildman–Crippen MR) is 263 cm³/mol. The van der Waals surface area contributed by atoms with Crippen molar-refractivity contribution in [2.24, 2.45) is 47.3 Å². The van der Waals surface area contributed by atoms with Crippen LogP contribution >= 0.6 is 0 Å². The van der Waals surface area contributed by atoms with E-state index in [0.29, 0.717) is 95.7 Å². The minimum absolute atomic E-state index is 0. The maximum absolute atomic E-state index is 4.84. The smallest absolute Gasteiger partial charge is 0.656 e. The fourth-order valence-electron chi connectivity index (χ4n) is 8.44. The van der Waals surface area contributed by atoms with E-state index in [9.17, 15) is 0 Å². The second kappa shape index (κ2) is 26.9. The molecule has 61 heavy (non-hydrogen) atoms. The van der Waals surface area contributed by atoms with Crippen LogP contribution in [-0.4, -0.2) is 48.3 Å². The van der Waals surface area contributed by atoms with Crippen LogP contribution in [0.2, 0.25) is 0 Å². The summed E-state index contributed by atoms with van der Waals surface area (Å²) in [4.78, 5) is 0. The van der Waals surface area contributed by atoms with Gasteiger partial charge in [-0.3, -0.25) is 0 Å². The Kier molecular flexibility index (Phi) is 22.1. The van der Waals surface area contributed by atoms with Gasteiger partial charge in [0.05, 0.1) is 0 Å². The van der Waals surface area contributed by atoms with Crippen LogP contribution in [0.15, 0.2) is 194 Å². The summed E-state index contributed by atoms with van der Waals surface area (Å²) in [5.41, 5.74) is 0. The first-order chi connectivity index (χ1) is 29.1. The number of nitrogens with zero attached hydrogens (tertiary/aromatic N) is 4. The SMILES string of the molecule is CC([N-]C(C)C1C=CC=C1)C1C=CC=C1.CC([N-]C(C)C1C=CC=C1)C1C=CC=C1.CC([N-]C(C)C1C=CC=C1)C1C=CC=C1.CC([N-]C(C)C1C=CC=C1)C1C=CC=C1.[Zr+4]. The van der Waals surface area contributed by atoms with Crippen LogP contribution in [0.4, 0.5) is 0 Å². The Morgan fingerprint density at radius 2 is 0.279 bits per heavy atom. The van der Waals surface area contributed by atoms with E-state index in [2.05, 4.69) is 250 Å². The third kappa shape index (κ3) is 16.7. The zero-order valence-corrected chi connectivity index (χ0v) is 40.5. The van der Waals surface area contributed by atoms with Crippen molar-refractivity contribution in [2.75, 3.05) is 0 Å². The molecule has 8 unspecified atom stereocenters. The van der Waals surface area contributed by atoms with E-state index in [1.165, 1.54) is 0 Å². The largest absolute Gasteiger partial charge is 4.00 e. The first-order valence-electron chi connectivity index (χ1n) is 22.7. The van der Waals surface area contributed by atoms with Crippen molar-refractivity contribution < 1.29 is 26.2 Å². The first kappa shape index (κ1) is 50.2. The van der Waals surface area contributed by atoms with Crippen molar-refractivity contribution >= 4 is 0 Å².